The molecule has 0 aliphatic carbocycles. The minimum absolute atomic E-state index is 0.127. The van der Waals surface area contributed by atoms with Crippen molar-refractivity contribution in [3.63, 3.8) is 0 Å². The van der Waals surface area contributed by atoms with Crippen LogP contribution in [0, 0.1) is 0 Å². The third kappa shape index (κ3) is 2.60. The van der Waals surface area contributed by atoms with Crippen LogP contribution in [0.5, 0.6) is 0 Å². The molecule has 1 saturated heterocycles. The van der Waals surface area contributed by atoms with E-state index < -0.39 is 0 Å². The van der Waals surface area contributed by atoms with E-state index in [0.717, 1.165) is 29.8 Å². The van der Waals surface area contributed by atoms with Crippen molar-refractivity contribution in [1.29, 1.82) is 0 Å². The van der Waals surface area contributed by atoms with Crippen molar-refractivity contribution < 1.29 is 4.79 Å². The molecule has 1 aromatic carbocycles. The molecule has 0 saturated carbocycles. The maximum Gasteiger partial charge on any atom is 0.150 e. The Morgan fingerprint density at radius 3 is 2.72 bits per heavy atom. The molecule has 1 atom stereocenters. The van der Waals surface area contributed by atoms with Crippen molar-refractivity contribution in [3.05, 3.63) is 34.3 Å². The van der Waals surface area contributed by atoms with Crippen LogP contribution in [0.2, 0.25) is 5.02 Å². The lowest BCUT2D eigenvalue weighted by Gasteiger charge is -2.37. The smallest absolute Gasteiger partial charge is 0.150 e. The molecule has 1 aliphatic rings. The van der Waals surface area contributed by atoms with E-state index in [1.54, 1.807) is 6.07 Å². The van der Waals surface area contributed by atoms with Crippen molar-refractivity contribution in [1.82, 2.24) is 4.90 Å². The molecule has 3 heteroatoms. The summed E-state index contributed by atoms with van der Waals surface area (Å²) in [6.07, 6.45) is 3.18. The van der Waals surface area contributed by atoms with Gasteiger partial charge in [0.15, 0.2) is 0 Å². The average Bonchev–Trinajstić information content (AvgIpc) is 2.78. The average molecular weight is 266 g/mol. The molecule has 1 fully saturated rings. The molecule has 1 aromatic rings. The SMILES string of the molecule is CC(C)(C)N1CCCC1c1cc(C=O)ccc1Cl. The van der Waals surface area contributed by atoms with Crippen LogP contribution in [0.4, 0.5) is 0 Å². The lowest BCUT2D eigenvalue weighted by Crippen LogP contribution is -2.40. The van der Waals surface area contributed by atoms with Crippen LogP contribution in [-0.4, -0.2) is 23.3 Å². The zero-order valence-corrected chi connectivity index (χ0v) is 12.0. The van der Waals surface area contributed by atoms with Crippen LogP contribution in [-0.2, 0) is 0 Å². The van der Waals surface area contributed by atoms with Crippen molar-refractivity contribution >= 4 is 17.9 Å². The second-order valence-electron chi connectivity index (χ2n) is 5.92. The Kier molecular flexibility index (Phi) is 3.79. The fraction of sp³-hybridized carbons (Fsp3) is 0.533. The summed E-state index contributed by atoms with van der Waals surface area (Å²) in [5, 5.41) is 0.766. The van der Waals surface area contributed by atoms with E-state index in [1.807, 2.05) is 12.1 Å². The van der Waals surface area contributed by atoms with E-state index in [2.05, 4.69) is 25.7 Å². The molecule has 0 spiro atoms. The topological polar surface area (TPSA) is 20.3 Å². The fourth-order valence-electron chi connectivity index (χ4n) is 2.78. The van der Waals surface area contributed by atoms with Gasteiger partial charge in [-0.25, -0.2) is 0 Å². The van der Waals surface area contributed by atoms with Gasteiger partial charge in [-0.1, -0.05) is 17.7 Å². The van der Waals surface area contributed by atoms with Gasteiger partial charge >= 0.3 is 0 Å². The summed E-state index contributed by atoms with van der Waals surface area (Å²) in [5.74, 6) is 0. The van der Waals surface area contributed by atoms with Gasteiger partial charge in [-0.3, -0.25) is 9.69 Å². The summed E-state index contributed by atoms with van der Waals surface area (Å²) < 4.78 is 0. The van der Waals surface area contributed by atoms with Gasteiger partial charge in [0, 0.05) is 22.2 Å². The largest absolute Gasteiger partial charge is 0.298 e. The first-order chi connectivity index (χ1) is 8.43. The zero-order chi connectivity index (χ0) is 13.3. The van der Waals surface area contributed by atoms with Crippen LogP contribution >= 0.6 is 11.6 Å². The molecular formula is C15H20ClNO. The molecule has 0 aromatic heterocycles. The van der Waals surface area contributed by atoms with Gasteiger partial charge in [0.05, 0.1) is 0 Å². The number of likely N-dealkylation sites (tertiary alicyclic amines) is 1. The van der Waals surface area contributed by atoms with Gasteiger partial charge in [-0.05, 0) is 57.9 Å². The Bertz CT molecular complexity index is 450. The highest BCUT2D eigenvalue weighted by molar-refractivity contribution is 6.31. The summed E-state index contributed by atoms with van der Waals surface area (Å²) in [5.41, 5.74) is 1.92. The highest BCUT2D eigenvalue weighted by atomic mass is 35.5. The van der Waals surface area contributed by atoms with Crippen LogP contribution in [0.25, 0.3) is 0 Å². The van der Waals surface area contributed by atoms with E-state index in [1.165, 1.54) is 6.42 Å². The summed E-state index contributed by atoms with van der Waals surface area (Å²) in [6, 6.07) is 5.87. The van der Waals surface area contributed by atoms with Gasteiger partial charge in [-0.2, -0.15) is 0 Å². The van der Waals surface area contributed by atoms with Crippen LogP contribution in [0.3, 0.4) is 0 Å². The Labute approximate surface area is 114 Å². The van der Waals surface area contributed by atoms with Crippen molar-refractivity contribution in [3.8, 4) is 0 Å². The summed E-state index contributed by atoms with van der Waals surface area (Å²) in [4.78, 5) is 13.4. The number of hydrogen-bond acceptors (Lipinski definition) is 2. The molecule has 18 heavy (non-hydrogen) atoms. The first-order valence-electron chi connectivity index (χ1n) is 6.45. The van der Waals surface area contributed by atoms with Gasteiger partial charge < -0.3 is 0 Å². The molecule has 0 bridgehead atoms. The second-order valence-corrected chi connectivity index (χ2v) is 6.33. The zero-order valence-electron chi connectivity index (χ0n) is 11.2. The molecule has 1 heterocycles. The Morgan fingerprint density at radius 1 is 1.39 bits per heavy atom. The monoisotopic (exact) mass is 265 g/mol. The van der Waals surface area contributed by atoms with Gasteiger partial charge in [0.2, 0.25) is 0 Å². The first-order valence-corrected chi connectivity index (χ1v) is 6.82. The molecule has 0 radical (unpaired) electrons. The van der Waals surface area contributed by atoms with Gasteiger partial charge in [0.1, 0.15) is 6.29 Å². The number of halogens is 1. The fourth-order valence-corrected chi connectivity index (χ4v) is 3.03. The molecule has 2 nitrogen and oxygen atoms in total. The normalized spacial score (nSPS) is 21.2. The number of carbonyl (C=O) groups excluding carboxylic acids is 1. The Morgan fingerprint density at radius 2 is 2.11 bits per heavy atom. The van der Waals surface area contributed by atoms with Gasteiger partial charge in [0.25, 0.3) is 0 Å². The van der Waals surface area contributed by atoms with Crippen LogP contribution in [0.15, 0.2) is 18.2 Å². The van der Waals surface area contributed by atoms with E-state index in [0.29, 0.717) is 11.6 Å². The maximum atomic E-state index is 10.9. The minimum atomic E-state index is 0.127. The lowest BCUT2D eigenvalue weighted by atomic mass is 9.98. The summed E-state index contributed by atoms with van der Waals surface area (Å²) in [6.45, 7) is 7.77. The molecular weight excluding hydrogens is 246 g/mol. The Hall–Kier alpha value is -0.860. The third-order valence-corrected chi connectivity index (χ3v) is 3.97. The predicted octanol–water partition coefficient (Wildman–Crippen LogP) is 4.09. The number of nitrogens with zero attached hydrogens (tertiary/aromatic N) is 1. The summed E-state index contributed by atoms with van der Waals surface area (Å²) in [7, 11) is 0. The van der Waals surface area contributed by atoms with Crippen molar-refractivity contribution in [2.45, 2.75) is 45.2 Å². The molecule has 1 aliphatic heterocycles. The molecule has 0 amide bonds. The summed E-state index contributed by atoms with van der Waals surface area (Å²) >= 11 is 6.31. The molecule has 1 unspecified atom stereocenters. The van der Waals surface area contributed by atoms with Crippen molar-refractivity contribution in [2.24, 2.45) is 0 Å². The van der Waals surface area contributed by atoms with E-state index in [4.69, 9.17) is 11.6 Å². The quantitative estimate of drug-likeness (QED) is 0.751. The van der Waals surface area contributed by atoms with Gasteiger partial charge in [-0.15, -0.1) is 0 Å². The number of aldehydes is 1. The Balaban J connectivity index is 2.38. The maximum absolute atomic E-state index is 10.9. The number of hydrogen-bond donors (Lipinski definition) is 0. The van der Waals surface area contributed by atoms with Crippen LogP contribution in [0.1, 0.15) is 55.6 Å². The van der Waals surface area contributed by atoms with E-state index in [9.17, 15) is 4.79 Å². The number of benzene rings is 1. The standard InChI is InChI=1S/C15H20ClNO/c1-15(2,3)17-8-4-5-14(17)12-9-11(10-18)6-7-13(12)16/h6-7,9-10,14H,4-5,8H2,1-3H3. The third-order valence-electron chi connectivity index (χ3n) is 3.63. The van der Waals surface area contributed by atoms with Crippen molar-refractivity contribution in [2.75, 3.05) is 6.54 Å². The highest BCUT2D eigenvalue weighted by Crippen LogP contribution is 2.40. The second kappa shape index (κ2) is 5.02. The van der Waals surface area contributed by atoms with E-state index >= 15 is 0 Å². The molecule has 0 N–H and O–H groups in total. The predicted molar refractivity (Wildman–Crippen MR) is 75.3 cm³/mol. The van der Waals surface area contributed by atoms with Crippen LogP contribution < -0.4 is 0 Å². The molecule has 2 rings (SSSR count). The minimum Gasteiger partial charge on any atom is -0.298 e. The first kappa shape index (κ1) is 13.6. The molecule has 98 valence electrons. The number of rotatable bonds is 2. The number of carbonyl (C=O) groups is 1. The highest BCUT2D eigenvalue weighted by Gasteiger charge is 2.34. The van der Waals surface area contributed by atoms with E-state index in [-0.39, 0.29) is 5.54 Å². The lowest BCUT2D eigenvalue weighted by molar-refractivity contribution is 0.112.